The number of hydrogen-bond donors (Lipinski definition) is 1. The van der Waals surface area contributed by atoms with Gasteiger partial charge in [-0.2, -0.15) is 0 Å². The lowest BCUT2D eigenvalue weighted by Gasteiger charge is -2.08. The lowest BCUT2D eigenvalue weighted by molar-refractivity contribution is 0.408. The fraction of sp³-hybridized carbons (Fsp3) is 0.308. The van der Waals surface area contributed by atoms with Gasteiger partial charge in [0.15, 0.2) is 11.3 Å². The maximum Gasteiger partial charge on any atom is 0.339 e. The molecule has 0 aliphatic carbocycles. The molecule has 1 aromatic heterocycles. The summed E-state index contributed by atoms with van der Waals surface area (Å²) < 4.78 is 5.13. The number of aromatic hydroxyl groups is 1. The van der Waals surface area contributed by atoms with Crippen molar-refractivity contribution in [2.24, 2.45) is 0 Å². The van der Waals surface area contributed by atoms with Gasteiger partial charge in [-0.3, -0.25) is 0 Å². The van der Waals surface area contributed by atoms with E-state index in [0.29, 0.717) is 12.0 Å². The monoisotopic (exact) mass is 233 g/mol. The molecular formula is C13H15NO3. The van der Waals surface area contributed by atoms with Crippen molar-refractivity contribution in [3.05, 3.63) is 40.2 Å². The first kappa shape index (κ1) is 11.7. The summed E-state index contributed by atoms with van der Waals surface area (Å²) in [5.41, 5.74) is 0.517. The van der Waals surface area contributed by atoms with Crippen LogP contribution in [-0.2, 0) is 6.42 Å². The molecule has 1 N–H and O–H groups in total. The first-order valence-corrected chi connectivity index (χ1v) is 5.47. The molecule has 2 aromatic rings. The van der Waals surface area contributed by atoms with Crippen LogP contribution >= 0.6 is 0 Å². The minimum absolute atomic E-state index is 0.00115. The van der Waals surface area contributed by atoms with Crippen LogP contribution in [0.5, 0.6) is 5.75 Å². The van der Waals surface area contributed by atoms with Crippen molar-refractivity contribution in [3.8, 4) is 5.75 Å². The molecule has 90 valence electrons. The van der Waals surface area contributed by atoms with E-state index in [-0.39, 0.29) is 17.0 Å². The molecule has 0 radical (unpaired) electrons. The van der Waals surface area contributed by atoms with E-state index in [4.69, 9.17) is 4.42 Å². The van der Waals surface area contributed by atoms with Gasteiger partial charge in [0.05, 0.1) is 0 Å². The Labute approximate surface area is 99.1 Å². The number of phenols is 1. The van der Waals surface area contributed by atoms with Crippen molar-refractivity contribution in [2.75, 3.05) is 20.6 Å². The zero-order valence-corrected chi connectivity index (χ0v) is 9.93. The van der Waals surface area contributed by atoms with Crippen LogP contribution in [0.4, 0.5) is 0 Å². The zero-order valence-electron chi connectivity index (χ0n) is 9.93. The molecule has 4 nitrogen and oxygen atoms in total. The molecule has 0 aliphatic heterocycles. The molecule has 17 heavy (non-hydrogen) atoms. The summed E-state index contributed by atoms with van der Waals surface area (Å²) in [6.07, 6.45) is 0.640. The van der Waals surface area contributed by atoms with Crippen molar-refractivity contribution in [1.82, 2.24) is 4.90 Å². The molecule has 0 fully saturated rings. The number of fused-ring (bicyclic) bond motifs is 1. The Morgan fingerprint density at radius 3 is 2.82 bits per heavy atom. The molecule has 1 aromatic carbocycles. The summed E-state index contributed by atoms with van der Waals surface area (Å²) in [4.78, 5) is 13.7. The number of rotatable bonds is 3. The predicted molar refractivity (Wildman–Crippen MR) is 66.4 cm³/mol. The number of phenolic OH excluding ortho intramolecular Hbond substituents is 1. The largest absolute Gasteiger partial charge is 0.504 e. The molecule has 0 unspecified atom stereocenters. The van der Waals surface area contributed by atoms with E-state index in [2.05, 4.69) is 0 Å². The van der Waals surface area contributed by atoms with Crippen molar-refractivity contribution >= 4 is 11.0 Å². The van der Waals surface area contributed by atoms with Crippen LogP contribution < -0.4 is 5.63 Å². The van der Waals surface area contributed by atoms with Gasteiger partial charge < -0.3 is 14.4 Å². The smallest absolute Gasteiger partial charge is 0.339 e. The van der Waals surface area contributed by atoms with Gasteiger partial charge in [-0.05, 0) is 32.6 Å². The second-order valence-corrected chi connectivity index (χ2v) is 4.31. The number of para-hydroxylation sites is 1. The third-order valence-corrected chi connectivity index (χ3v) is 2.64. The van der Waals surface area contributed by atoms with Gasteiger partial charge in [0.25, 0.3) is 0 Å². The van der Waals surface area contributed by atoms with Crippen molar-refractivity contribution in [2.45, 2.75) is 6.42 Å². The summed E-state index contributed by atoms with van der Waals surface area (Å²) in [6, 6.07) is 6.83. The Bertz CT molecular complexity index is 587. The van der Waals surface area contributed by atoms with Crippen LogP contribution in [0.25, 0.3) is 11.0 Å². The average Bonchev–Trinajstić information content (AvgIpc) is 2.28. The second kappa shape index (κ2) is 4.59. The number of hydrogen-bond acceptors (Lipinski definition) is 4. The van der Waals surface area contributed by atoms with Crippen molar-refractivity contribution in [3.63, 3.8) is 0 Å². The Hall–Kier alpha value is -1.81. The summed E-state index contributed by atoms with van der Waals surface area (Å²) in [6.45, 7) is 0.787. The van der Waals surface area contributed by atoms with Crippen LogP contribution in [0.3, 0.4) is 0 Å². The third kappa shape index (κ3) is 2.47. The summed E-state index contributed by atoms with van der Waals surface area (Å²) in [7, 11) is 3.91. The van der Waals surface area contributed by atoms with Crippen molar-refractivity contribution in [1.29, 1.82) is 0 Å². The molecule has 0 bridgehead atoms. The van der Waals surface area contributed by atoms with Crippen LogP contribution in [0, 0.1) is 0 Å². The predicted octanol–water partition coefficient (Wildman–Crippen LogP) is 1.60. The normalized spacial score (nSPS) is 11.2. The highest BCUT2D eigenvalue weighted by molar-refractivity contribution is 5.82. The van der Waals surface area contributed by atoms with E-state index in [9.17, 15) is 9.90 Å². The minimum atomic E-state index is -0.374. The Morgan fingerprint density at radius 2 is 2.12 bits per heavy atom. The fourth-order valence-corrected chi connectivity index (χ4v) is 1.69. The maximum absolute atomic E-state index is 11.7. The molecule has 0 saturated heterocycles. The molecule has 1 heterocycles. The van der Waals surface area contributed by atoms with Gasteiger partial charge >= 0.3 is 5.63 Å². The fourth-order valence-electron chi connectivity index (χ4n) is 1.69. The lowest BCUT2D eigenvalue weighted by atomic mass is 10.1. The highest BCUT2D eigenvalue weighted by Crippen LogP contribution is 2.23. The van der Waals surface area contributed by atoms with Gasteiger partial charge in [-0.1, -0.05) is 12.1 Å². The Kier molecular flexibility index (Phi) is 3.15. The molecule has 2 rings (SSSR count). The maximum atomic E-state index is 11.7. The van der Waals surface area contributed by atoms with Crippen LogP contribution in [0.1, 0.15) is 5.56 Å². The number of benzene rings is 1. The summed E-state index contributed by atoms with van der Waals surface area (Å²) >= 11 is 0. The zero-order chi connectivity index (χ0) is 12.4. The van der Waals surface area contributed by atoms with E-state index in [0.717, 1.165) is 11.9 Å². The number of likely N-dealkylation sites (N-methyl/N-ethyl adjacent to an activating group) is 1. The minimum Gasteiger partial charge on any atom is -0.504 e. The first-order chi connectivity index (χ1) is 8.08. The van der Waals surface area contributed by atoms with Crippen LogP contribution in [0.2, 0.25) is 0 Å². The highest BCUT2D eigenvalue weighted by Gasteiger charge is 2.08. The van der Waals surface area contributed by atoms with E-state index in [1.165, 1.54) is 6.07 Å². The molecule has 4 heteroatoms. The van der Waals surface area contributed by atoms with Crippen LogP contribution in [0.15, 0.2) is 33.5 Å². The van der Waals surface area contributed by atoms with Gasteiger partial charge in [0, 0.05) is 17.5 Å². The third-order valence-electron chi connectivity index (χ3n) is 2.64. The van der Waals surface area contributed by atoms with E-state index in [1.54, 1.807) is 12.1 Å². The van der Waals surface area contributed by atoms with E-state index in [1.807, 2.05) is 25.1 Å². The SMILES string of the molecule is CN(C)CCc1cc2cccc(O)c2oc1=O. The van der Waals surface area contributed by atoms with E-state index >= 15 is 0 Å². The highest BCUT2D eigenvalue weighted by atomic mass is 16.4. The molecular weight excluding hydrogens is 218 g/mol. The van der Waals surface area contributed by atoms with E-state index < -0.39 is 0 Å². The molecule has 0 saturated carbocycles. The van der Waals surface area contributed by atoms with Gasteiger partial charge in [-0.25, -0.2) is 4.79 Å². The average molecular weight is 233 g/mol. The summed E-state index contributed by atoms with van der Waals surface area (Å²) in [5, 5.41) is 10.3. The molecule has 0 spiro atoms. The topological polar surface area (TPSA) is 53.7 Å². The Balaban J connectivity index is 2.45. The summed E-state index contributed by atoms with van der Waals surface area (Å²) in [5.74, 6) is -0.00115. The van der Waals surface area contributed by atoms with Gasteiger partial charge in [-0.15, -0.1) is 0 Å². The van der Waals surface area contributed by atoms with Gasteiger partial charge in [0.2, 0.25) is 0 Å². The molecule has 0 aliphatic rings. The quantitative estimate of drug-likeness (QED) is 0.818. The Morgan fingerprint density at radius 1 is 1.35 bits per heavy atom. The van der Waals surface area contributed by atoms with Crippen LogP contribution in [-0.4, -0.2) is 30.6 Å². The van der Waals surface area contributed by atoms with Crippen molar-refractivity contribution < 1.29 is 9.52 Å². The number of nitrogens with zero attached hydrogens (tertiary/aromatic N) is 1. The standard InChI is InChI=1S/C13H15NO3/c1-14(2)7-6-10-8-9-4-3-5-11(15)12(9)17-13(10)16/h3-5,8,15H,6-7H2,1-2H3. The first-order valence-electron chi connectivity index (χ1n) is 5.47. The lowest BCUT2D eigenvalue weighted by Crippen LogP contribution is -2.18. The van der Waals surface area contributed by atoms with Gasteiger partial charge in [0.1, 0.15) is 0 Å². The molecule has 0 atom stereocenters. The second-order valence-electron chi connectivity index (χ2n) is 4.31. The molecule has 0 amide bonds.